The zero-order valence-corrected chi connectivity index (χ0v) is 15.4. The van der Waals surface area contributed by atoms with Gasteiger partial charge < -0.3 is 14.5 Å². The van der Waals surface area contributed by atoms with E-state index < -0.39 is 5.60 Å². The third-order valence-electron chi connectivity index (χ3n) is 3.63. The predicted octanol–water partition coefficient (Wildman–Crippen LogP) is 3.31. The highest BCUT2D eigenvalue weighted by Crippen LogP contribution is 2.26. The van der Waals surface area contributed by atoms with Crippen LogP contribution in [0.5, 0.6) is 0 Å². The summed E-state index contributed by atoms with van der Waals surface area (Å²) in [5.74, 6) is 1.76. The summed E-state index contributed by atoms with van der Waals surface area (Å²) in [5.41, 5.74) is -0.485. The lowest BCUT2D eigenvalue weighted by Crippen LogP contribution is -2.60. The molecule has 1 aromatic heterocycles. The van der Waals surface area contributed by atoms with Gasteiger partial charge in [0.1, 0.15) is 22.4 Å². The number of carbonyl (C=O) groups excluding carboxylic acids is 1. The Hall–Kier alpha value is -1.56. The maximum absolute atomic E-state index is 12.1. The van der Waals surface area contributed by atoms with Crippen LogP contribution in [0.15, 0.2) is 6.07 Å². The molecular formula is C16H25ClN4O2. The Morgan fingerprint density at radius 1 is 1.39 bits per heavy atom. The van der Waals surface area contributed by atoms with Gasteiger partial charge in [0.25, 0.3) is 0 Å². The van der Waals surface area contributed by atoms with Gasteiger partial charge in [0.2, 0.25) is 0 Å². The number of amides is 1. The number of nitrogens with zero attached hydrogens (tertiary/aromatic N) is 4. The van der Waals surface area contributed by atoms with E-state index >= 15 is 0 Å². The first-order valence-corrected chi connectivity index (χ1v) is 8.20. The van der Waals surface area contributed by atoms with Crippen molar-refractivity contribution in [3.63, 3.8) is 0 Å². The van der Waals surface area contributed by atoms with Gasteiger partial charge >= 0.3 is 6.09 Å². The summed E-state index contributed by atoms with van der Waals surface area (Å²) in [6.07, 6.45) is -0.300. The predicted molar refractivity (Wildman–Crippen MR) is 91.1 cm³/mol. The van der Waals surface area contributed by atoms with Crippen molar-refractivity contribution in [3.05, 3.63) is 17.0 Å². The van der Waals surface area contributed by atoms with Crippen molar-refractivity contribution >= 4 is 23.5 Å². The first-order valence-electron chi connectivity index (χ1n) is 7.82. The number of carbonyl (C=O) groups is 1. The minimum absolute atomic E-state index is 0.112. The van der Waals surface area contributed by atoms with Crippen LogP contribution in [0.25, 0.3) is 0 Å². The first-order chi connectivity index (χ1) is 10.6. The van der Waals surface area contributed by atoms with E-state index in [1.54, 1.807) is 18.0 Å². The molecule has 1 aromatic rings. The number of ether oxygens (including phenoxy) is 1. The molecule has 0 unspecified atom stereocenters. The van der Waals surface area contributed by atoms with Gasteiger partial charge in [-0.2, -0.15) is 0 Å². The molecule has 0 bridgehead atoms. The van der Waals surface area contributed by atoms with Crippen LogP contribution in [-0.2, 0) is 4.74 Å². The Morgan fingerprint density at radius 2 is 2.00 bits per heavy atom. The first kappa shape index (κ1) is 17.8. The Bertz CT molecular complexity index is 580. The second kappa shape index (κ2) is 6.51. The fourth-order valence-corrected chi connectivity index (χ4v) is 2.40. The van der Waals surface area contributed by atoms with Gasteiger partial charge in [-0.05, 0) is 20.8 Å². The smallest absolute Gasteiger partial charge is 0.410 e. The van der Waals surface area contributed by atoms with Crippen LogP contribution in [0.1, 0.15) is 46.4 Å². The Morgan fingerprint density at radius 3 is 2.52 bits per heavy atom. The Balaban J connectivity index is 1.98. The van der Waals surface area contributed by atoms with Crippen LogP contribution in [0, 0.1) is 0 Å². The van der Waals surface area contributed by atoms with Crippen LogP contribution in [0.3, 0.4) is 0 Å². The molecule has 23 heavy (non-hydrogen) atoms. The second-order valence-corrected chi connectivity index (χ2v) is 7.60. The van der Waals surface area contributed by atoms with E-state index in [2.05, 4.69) is 14.9 Å². The molecule has 0 aromatic carbocycles. The Labute approximate surface area is 142 Å². The minimum Gasteiger partial charge on any atom is -0.444 e. The molecule has 1 aliphatic heterocycles. The van der Waals surface area contributed by atoms with Crippen molar-refractivity contribution in [1.82, 2.24) is 14.9 Å². The molecule has 0 radical (unpaired) electrons. The van der Waals surface area contributed by atoms with E-state index in [1.165, 1.54) is 0 Å². The highest BCUT2D eigenvalue weighted by Gasteiger charge is 2.35. The molecular weight excluding hydrogens is 316 g/mol. The van der Waals surface area contributed by atoms with Gasteiger partial charge in [-0.25, -0.2) is 14.8 Å². The van der Waals surface area contributed by atoms with Crippen molar-refractivity contribution in [2.75, 3.05) is 25.0 Å². The summed E-state index contributed by atoms with van der Waals surface area (Å²) in [4.78, 5) is 24.6. The summed E-state index contributed by atoms with van der Waals surface area (Å²) in [7, 11) is 1.77. The van der Waals surface area contributed by atoms with Gasteiger partial charge in [0.15, 0.2) is 0 Å². The average Bonchev–Trinajstić information content (AvgIpc) is 2.33. The molecule has 1 amide bonds. The minimum atomic E-state index is -0.485. The lowest BCUT2D eigenvalue weighted by molar-refractivity contribution is 0.0196. The Kier molecular flexibility index (Phi) is 5.04. The monoisotopic (exact) mass is 340 g/mol. The van der Waals surface area contributed by atoms with Gasteiger partial charge in [0, 0.05) is 32.1 Å². The van der Waals surface area contributed by atoms with E-state index in [9.17, 15) is 4.79 Å². The molecule has 2 heterocycles. The van der Waals surface area contributed by atoms with Crippen molar-refractivity contribution in [2.24, 2.45) is 0 Å². The van der Waals surface area contributed by atoms with Gasteiger partial charge in [-0.3, -0.25) is 0 Å². The van der Waals surface area contributed by atoms with Crippen molar-refractivity contribution in [3.8, 4) is 0 Å². The van der Waals surface area contributed by atoms with Crippen LogP contribution >= 0.6 is 11.6 Å². The third-order valence-corrected chi connectivity index (χ3v) is 3.82. The van der Waals surface area contributed by atoms with Crippen molar-refractivity contribution in [1.29, 1.82) is 0 Å². The molecule has 1 saturated heterocycles. The van der Waals surface area contributed by atoms with E-state index in [0.29, 0.717) is 18.2 Å². The van der Waals surface area contributed by atoms with Crippen LogP contribution in [-0.4, -0.2) is 52.7 Å². The van der Waals surface area contributed by atoms with Crippen LogP contribution in [0.2, 0.25) is 5.15 Å². The van der Waals surface area contributed by atoms with E-state index in [0.717, 1.165) is 11.6 Å². The second-order valence-electron chi connectivity index (χ2n) is 7.21. The van der Waals surface area contributed by atoms with E-state index in [4.69, 9.17) is 16.3 Å². The zero-order valence-electron chi connectivity index (χ0n) is 14.6. The topological polar surface area (TPSA) is 58.6 Å². The molecule has 1 fully saturated rings. The molecule has 6 nitrogen and oxygen atoms in total. The standard InChI is InChI=1S/C16H25ClN4O2/c1-10(2)14-18-12(17)7-13(19-14)21-8-11(9-21)20(6)15(22)23-16(3,4)5/h7,10-11H,8-9H2,1-6H3. The summed E-state index contributed by atoms with van der Waals surface area (Å²) in [6, 6.07) is 1.87. The fraction of sp³-hybridized carbons (Fsp3) is 0.688. The van der Waals surface area contributed by atoms with Gasteiger partial charge in [-0.15, -0.1) is 0 Å². The fourth-order valence-electron chi connectivity index (χ4n) is 2.21. The zero-order chi connectivity index (χ0) is 17.4. The maximum atomic E-state index is 12.1. The number of hydrogen-bond acceptors (Lipinski definition) is 5. The van der Waals surface area contributed by atoms with Gasteiger partial charge in [-0.1, -0.05) is 25.4 Å². The van der Waals surface area contributed by atoms with Crippen molar-refractivity contribution in [2.45, 2.75) is 52.2 Å². The number of anilines is 1. The normalized spacial score (nSPS) is 15.6. The highest BCUT2D eigenvalue weighted by atomic mass is 35.5. The number of aromatic nitrogens is 2. The number of hydrogen-bond donors (Lipinski definition) is 0. The molecule has 7 heteroatoms. The summed E-state index contributed by atoms with van der Waals surface area (Å²) in [6.45, 7) is 11.1. The lowest BCUT2D eigenvalue weighted by Gasteiger charge is -2.44. The molecule has 0 aliphatic carbocycles. The largest absolute Gasteiger partial charge is 0.444 e. The van der Waals surface area contributed by atoms with E-state index in [-0.39, 0.29) is 18.1 Å². The summed E-state index contributed by atoms with van der Waals surface area (Å²) >= 11 is 6.08. The number of likely N-dealkylation sites (N-methyl/N-ethyl adjacent to an activating group) is 1. The van der Waals surface area contributed by atoms with Crippen LogP contribution < -0.4 is 4.90 Å². The summed E-state index contributed by atoms with van der Waals surface area (Å²) in [5, 5.41) is 0.447. The SMILES string of the molecule is CC(C)c1nc(Cl)cc(N2CC(N(C)C(=O)OC(C)(C)C)C2)n1. The number of halogens is 1. The van der Waals surface area contributed by atoms with E-state index in [1.807, 2.05) is 34.6 Å². The van der Waals surface area contributed by atoms with Crippen LogP contribution in [0.4, 0.5) is 10.6 Å². The lowest BCUT2D eigenvalue weighted by atomic mass is 10.1. The molecule has 2 rings (SSSR count). The van der Waals surface area contributed by atoms with Crippen molar-refractivity contribution < 1.29 is 9.53 Å². The molecule has 0 atom stereocenters. The molecule has 0 spiro atoms. The summed E-state index contributed by atoms with van der Waals surface area (Å²) < 4.78 is 5.39. The molecule has 128 valence electrons. The molecule has 0 saturated carbocycles. The molecule has 0 N–H and O–H groups in total. The van der Waals surface area contributed by atoms with Gasteiger partial charge in [0.05, 0.1) is 6.04 Å². The average molecular weight is 341 g/mol. The third kappa shape index (κ3) is 4.47. The molecule has 1 aliphatic rings. The number of rotatable bonds is 3. The maximum Gasteiger partial charge on any atom is 0.410 e. The highest BCUT2D eigenvalue weighted by molar-refractivity contribution is 6.29. The quantitative estimate of drug-likeness (QED) is 0.790.